The Hall–Kier alpha value is -3.15. The molecule has 0 aliphatic carbocycles. The van der Waals surface area contributed by atoms with E-state index in [1.807, 2.05) is 24.3 Å². The Kier molecular flexibility index (Phi) is 6.42. The van der Waals surface area contributed by atoms with Gasteiger partial charge in [-0.15, -0.1) is 0 Å². The highest BCUT2D eigenvalue weighted by Crippen LogP contribution is 2.21. The van der Waals surface area contributed by atoms with Crippen LogP contribution in [0.4, 0.5) is 15.8 Å². The average molecular weight is 382 g/mol. The molecule has 2 aromatic carbocycles. The minimum atomic E-state index is -0.437. The molecule has 0 saturated heterocycles. The normalized spacial score (nSPS) is 10.9. The monoisotopic (exact) mass is 382 g/mol. The van der Waals surface area contributed by atoms with Gasteiger partial charge in [-0.2, -0.15) is 0 Å². The van der Waals surface area contributed by atoms with Crippen LogP contribution in [0.25, 0.3) is 11.0 Å². The number of furan rings is 1. The van der Waals surface area contributed by atoms with Gasteiger partial charge in [-0.25, -0.2) is 4.39 Å². The molecular weight excluding hydrogens is 359 g/mol. The Morgan fingerprint density at radius 2 is 1.71 bits per heavy atom. The van der Waals surface area contributed by atoms with Gasteiger partial charge >= 0.3 is 0 Å². The maximum absolute atomic E-state index is 13.0. The summed E-state index contributed by atoms with van der Waals surface area (Å²) in [6.07, 6.45) is 3.96. The zero-order chi connectivity index (χ0) is 19.9. The molecule has 6 heteroatoms. The number of hydrogen-bond acceptors (Lipinski definition) is 4. The first-order valence-corrected chi connectivity index (χ1v) is 9.39. The highest BCUT2D eigenvalue weighted by atomic mass is 19.1. The van der Waals surface area contributed by atoms with E-state index in [0.717, 1.165) is 30.2 Å². The summed E-state index contributed by atoms with van der Waals surface area (Å²) >= 11 is 0. The van der Waals surface area contributed by atoms with Gasteiger partial charge in [0.2, 0.25) is 5.91 Å². The average Bonchev–Trinajstić information content (AvgIpc) is 3.11. The fourth-order valence-electron chi connectivity index (χ4n) is 3.03. The molecule has 0 fully saturated rings. The second-order valence-electron chi connectivity index (χ2n) is 6.77. The van der Waals surface area contributed by atoms with Crippen molar-refractivity contribution in [1.82, 2.24) is 0 Å². The number of hydrogen-bond donors (Lipinski definition) is 2. The Morgan fingerprint density at radius 3 is 2.46 bits per heavy atom. The lowest BCUT2D eigenvalue weighted by Gasteiger charge is -2.08. The Morgan fingerprint density at radius 1 is 0.964 bits per heavy atom. The first-order chi connectivity index (χ1) is 13.5. The van der Waals surface area contributed by atoms with E-state index in [1.165, 1.54) is 18.2 Å². The van der Waals surface area contributed by atoms with Crippen LogP contribution < -0.4 is 11.1 Å². The third-order valence-corrected chi connectivity index (χ3v) is 4.55. The Labute approximate surface area is 162 Å². The van der Waals surface area contributed by atoms with Crippen molar-refractivity contribution in [3.05, 3.63) is 60.1 Å². The van der Waals surface area contributed by atoms with Crippen molar-refractivity contribution in [1.29, 1.82) is 0 Å². The minimum absolute atomic E-state index is 0.000674. The molecule has 1 heterocycles. The van der Waals surface area contributed by atoms with E-state index in [1.54, 1.807) is 6.07 Å². The molecule has 3 aromatic rings. The maximum atomic E-state index is 13.0. The number of rotatable bonds is 9. The molecule has 3 N–H and O–H groups in total. The van der Waals surface area contributed by atoms with Crippen molar-refractivity contribution < 1.29 is 18.4 Å². The van der Waals surface area contributed by atoms with Crippen LogP contribution in [0, 0.1) is 5.82 Å². The topological polar surface area (TPSA) is 85.3 Å². The smallest absolute Gasteiger partial charge is 0.224 e. The quantitative estimate of drug-likeness (QED) is 0.298. The lowest BCUT2D eigenvalue weighted by atomic mass is 10.1. The summed E-state index contributed by atoms with van der Waals surface area (Å²) in [7, 11) is 0. The summed E-state index contributed by atoms with van der Waals surface area (Å²) in [4.78, 5) is 24.2. The predicted octanol–water partition coefficient (Wildman–Crippen LogP) is 5.32. The largest absolute Gasteiger partial charge is 0.453 e. The van der Waals surface area contributed by atoms with Gasteiger partial charge in [-0.05, 0) is 43.2 Å². The summed E-state index contributed by atoms with van der Waals surface area (Å²) in [6.45, 7) is 0. The number of para-hydroxylation sites is 1. The van der Waals surface area contributed by atoms with Crippen molar-refractivity contribution in [3.63, 3.8) is 0 Å². The van der Waals surface area contributed by atoms with Gasteiger partial charge in [0.25, 0.3) is 0 Å². The number of amides is 1. The van der Waals surface area contributed by atoms with Gasteiger partial charge in [0.15, 0.2) is 11.5 Å². The fraction of sp³-hybridized carbons (Fsp3) is 0.273. The highest BCUT2D eigenvalue weighted by Gasteiger charge is 2.12. The molecule has 0 bridgehead atoms. The molecule has 1 amide bonds. The first kappa shape index (κ1) is 19.6. The molecule has 1 aromatic heterocycles. The fourth-order valence-corrected chi connectivity index (χ4v) is 3.03. The zero-order valence-electron chi connectivity index (χ0n) is 15.5. The van der Waals surface area contributed by atoms with Crippen molar-refractivity contribution in [2.45, 2.75) is 38.5 Å². The predicted molar refractivity (Wildman–Crippen MR) is 108 cm³/mol. The summed E-state index contributed by atoms with van der Waals surface area (Å²) in [5.41, 5.74) is 7.02. The summed E-state index contributed by atoms with van der Waals surface area (Å²) < 4.78 is 18.6. The number of Topliss-reactive ketones (excluding diaryl/α,β-unsaturated/α-hetero) is 1. The third-order valence-electron chi connectivity index (χ3n) is 4.55. The molecule has 3 rings (SSSR count). The van der Waals surface area contributed by atoms with Crippen LogP contribution in [0.3, 0.4) is 0 Å². The lowest BCUT2D eigenvalue weighted by molar-refractivity contribution is -0.116. The number of carbonyl (C=O) groups is 2. The third kappa shape index (κ3) is 5.19. The number of carbonyl (C=O) groups excluding carboxylic acids is 2. The van der Waals surface area contributed by atoms with Crippen molar-refractivity contribution in [2.75, 3.05) is 11.1 Å². The van der Waals surface area contributed by atoms with E-state index in [9.17, 15) is 14.0 Å². The molecule has 5 nitrogen and oxygen atoms in total. The van der Waals surface area contributed by atoms with Gasteiger partial charge in [0, 0.05) is 18.2 Å². The number of nitrogens with two attached hydrogens (primary N) is 1. The molecule has 0 aliphatic rings. The molecule has 28 heavy (non-hydrogen) atoms. The SMILES string of the molecule is Nc1cc(F)ccc1NC(=O)CCCCCCC(=O)c1cc2ccccc2o1. The summed E-state index contributed by atoms with van der Waals surface area (Å²) in [5.74, 6) is -0.192. The number of ketones is 1. The Bertz CT molecular complexity index is 948. The maximum Gasteiger partial charge on any atom is 0.224 e. The van der Waals surface area contributed by atoms with Crippen LogP contribution in [0.1, 0.15) is 49.1 Å². The standard InChI is InChI=1S/C22H23FN2O3/c23-16-11-12-18(17(24)14-16)25-22(27)10-4-2-1-3-8-19(26)21-13-15-7-5-6-9-20(15)28-21/h5-7,9,11-14H,1-4,8,10,24H2,(H,25,27). The van der Waals surface area contributed by atoms with Gasteiger partial charge in [-0.3, -0.25) is 9.59 Å². The van der Waals surface area contributed by atoms with Crippen molar-refractivity contribution in [2.24, 2.45) is 0 Å². The van der Waals surface area contributed by atoms with Crippen LogP contribution in [-0.4, -0.2) is 11.7 Å². The summed E-state index contributed by atoms with van der Waals surface area (Å²) in [6, 6.07) is 13.2. The van der Waals surface area contributed by atoms with E-state index < -0.39 is 5.82 Å². The summed E-state index contributed by atoms with van der Waals surface area (Å²) in [5, 5.41) is 3.61. The van der Waals surface area contributed by atoms with E-state index in [2.05, 4.69) is 5.32 Å². The highest BCUT2D eigenvalue weighted by molar-refractivity contribution is 5.97. The molecule has 0 aliphatic heterocycles. The number of anilines is 2. The second kappa shape index (κ2) is 9.17. The van der Waals surface area contributed by atoms with E-state index >= 15 is 0 Å². The molecular formula is C22H23FN2O3. The Balaban J connectivity index is 1.33. The van der Waals surface area contributed by atoms with Crippen molar-refractivity contribution in [3.8, 4) is 0 Å². The second-order valence-corrected chi connectivity index (χ2v) is 6.77. The number of unbranched alkanes of at least 4 members (excludes halogenated alkanes) is 3. The zero-order valence-corrected chi connectivity index (χ0v) is 15.5. The van der Waals surface area contributed by atoms with Crippen LogP contribution >= 0.6 is 0 Å². The molecule has 0 radical (unpaired) electrons. The van der Waals surface area contributed by atoms with Crippen LogP contribution in [-0.2, 0) is 4.79 Å². The van der Waals surface area contributed by atoms with Gasteiger partial charge in [0.1, 0.15) is 11.4 Å². The molecule has 0 saturated carbocycles. The number of halogens is 1. The number of fused-ring (bicyclic) bond motifs is 1. The van der Waals surface area contributed by atoms with Crippen molar-refractivity contribution >= 4 is 34.0 Å². The van der Waals surface area contributed by atoms with Crippen LogP contribution in [0.2, 0.25) is 0 Å². The number of nitrogens with one attached hydrogen (secondary N) is 1. The lowest BCUT2D eigenvalue weighted by Crippen LogP contribution is -2.12. The number of benzene rings is 2. The van der Waals surface area contributed by atoms with E-state index in [0.29, 0.717) is 30.7 Å². The number of nitrogen functional groups attached to an aromatic ring is 1. The molecule has 0 atom stereocenters. The van der Waals surface area contributed by atoms with E-state index in [4.69, 9.17) is 10.2 Å². The van der Waals surface area contributed by atoms with Gasteiger partial charge < -0.3 is 15.5 Å². The first-order valence-electron chi connectivity index (χ1n) is 9.39. The van der Waals surface area contributed by atoms with Crippen LogP contribution in [0.5, 0.6) is 0 Å². The van der Waals surface area contributed by atoms with Gasteiger partial charge in [-0.1, -0.05) is 31.0 Å². The molecule has 0 spiro atoms. The molecule has 0 unspecified atom stereocenters. The molecule has 146 valence electrons. The van der Waals surface area contributed by atoms with Crippen LogP contribution in [0.15, 0.2) is 52.9 Å². The minimum Gasteiger partial charge on any atom is -0.453 e. The van der Waals surface area contributed by atoms with Gasteiger partial charge in [0.05, 0.1) is 11.4 Å². The van der Waals surface area contributed by atoms with E-state index in [-0.39, 0.29) is 17.4 Å².